The van der Waals surface area contributed by atoms with Crippen molar-refractivity contribution in [3.05, 3.63) is 72.3 Å². The number of benzene rings is 2. The minimum absolute atomic E-state index is 0.285. The van der Waals surface area contributed by atoms with E-state index >= 15 is 8.78 Å². The molecule has 0 amide bonds. The van der Waals surface area contributed by atoms with Gasteiger partial charge in [-0.25, -0.2) is 8.78 Å². The Labute approximate surface area is 498 Å². The van der Waals surface area contributed by atoms with Crippen LogP contribution in [0.25, 0.3) is 83.3 Å². The van der Waals surface area contributed by atoms with Gasteiger partial charge < -0.3 is 9.47 Å². The Hall–Kier alpha value is -3.53. The molecule has 6 nitrogen and oxygen atoms in total. The predicted octanol–water partition coefficient (Wildman–Crippen LogP) is 22.0. The summed E-state index contributed by atoms with van der Waals surface area (Å²) in [7, 11) is -3.18. The molecule has 0 radical (unpaired) electrons. The Morgan fingerprint density at radius 2 is 0.709 bits per heavy atom. The number of hydrogen-bond acceptors (Lipinski definition) is 13. The third-order valence-electron chi connectivity index (χ3n) is 14.7. The van der Waals surface area contributed by atoms with Gasteiger partial charge in [-0.3, -0.25) is 0 Å². The van der Waals surface area contributed by atoms with Gasteiger partial charge in [-0.1, -0.05) is 181 Å². The van der Waals surface area contributed by atoms with Crippen LogP contribution in [-0.4, -0.2) is 46.9 Å². The van der Waals surface area contributed by atoms with Gasteiger partial charge in [-0.15, -0.1) is 56.7 Å². The van der Waals surface area contributed by atoms with E-state index in [9.17, 15) is 0 Å². The number of fused-ring (bicyclic) bond motifs is 2. The molecule has 0 unspecified atom stereocenters. The summed E-state index contributed by atoms with van der Waals surface area (Å²) in [4.78, 5) is 7.64. The van der Waals surface area contributed by atoms with Crippen molar-refractivity contribution < 1.29 is 18.3 Å². The van der Waals surface area contributed by atoms with Crippen molar-refractivity contribution in [1.29, 1.82) is 0 Å². The first-order chi connectivity index (χ1) is 38.2. The minimum Gasteiger partial charge on any atom is -0.488 e. The van der Waals surface area contributed by atoms with E-state index in [0.29, 0.717) is 46.4 Å². The van der Waals surface area contributed by atoms with E-state index in [0.717, 1.165) is 111 Å². The monoisotopic (exact) mass is 1230 g/mol. The molecule has 0 aliphatic rings. The highest BCUT2D eigenvalue weighted by Gasteiger charge is 2.30. The summed E-state index contributed by atoms with van der Waals surface area (Å²) in [6.07, 6.45) is 24.8. The van der Waals surface area contributed by atoms with Gasteiger partial charge in [0.2, 0.25) is 0 Å². The molecule has 0 fully saturated rings. The van der Waals surface area contributed by atoms with E-state index in [-0.39, 0.29) is 11.6 Å². The van der Waals surface area contributed by atoms with Crippen LogP contribution in [0.5, 0.6) is 11.5 Å². The molecule has 0 aliphatic heterocycles. The Kier molecular flexibility index (Phi) is 21.4. The summed E-state index contributed by atoms with van der Waals surface area (Å²) in [5.74, 6) is 0.957. The minimum atomic E-state index is -1.59. The van der Waals surface area contributed by atoms with Crippen molar-refractivity contribution in [2.45, 2.75) is 182 Å². The van der Waals surface area contributed by atoms with Crippen molar-refractivity contribution in [3.8, 4) is 72.8 Å². The molecule has 7 aromatic heterocycles. The zero-order chi connectivity index (χ0) is 55.5. The van der Waals surface area contributed by atoms with Crippen molar-refractivity contribution >= 4 is 127 Å². The van der Waals surface area contributed by atoms with Crippen LogP contribution in [0.3, 0.4) is 0 Å². The fraction of sp³-hybridized carbons (Fsp3) is 0.484. The average molecular weight is 1230 g/mol. The van der Waals surface area contributed by atoms with Crippen molar-refractivity contribution in [2.75, 3.05) is 13.2 Å². The van der Waals surface area contributed by atoms with Crippen molar-refractivity contribution in [2.24, 2.45) is 0 Å². The van der Waals surface area contributed by atoms with Gasteiger partial charge in [0.05, 0.1) is 73.7 Å². The molecule has 0 spiro atoms. The third kappa shape index (κ3) is 14.8. The standard InChI is InChI=1S/C62H78F2N4O2S7Si2/c1-9-11-13-15-17-19-21-23-25-27-37-69-59-60(70-38-28-26-24-22-20-18-16-14-12-10-2)62(50-32-30-46(72-50)42-40-44(64)54(58-56(42)66-77-68-58)48-34-36-52(74-48)79(6,7)8)75-61(59)49-31-29-45(71-49)41-39-43(63)53(57-55(41)65-76-67-57)47-33-35-51(73-47)78(3,4)5/h29-36,39-40H,9-28,37-38H2,1-8H3. The number of ether oxygens (including phenoxy) is 2. The van der Waals surface area contributed by atoms with Gasteiger partial charge >= 0.3 is 0 Å². The van der Waals surface area contributed by atoms with Gasteiger partial charge in [0.15, 0.2) is 11.5 Å². The van der Waals surface area contributed by atoms with Gasteiger partial charge in [-0.05, 0) is 70.4 Å². The number of halogens is 2. The Morgan fingerprint density at radius 1 is 0.380 bits per heavy atom. The van der Waals surface area contributed by atoms with Crippen LogP contribution in [0.1, 0.15) is 142 Å². The number of aromatic nitrogens is 4. The molecular weight excluding hydrogens is 1150 g/mol. The SMILES string of the molecule is CCCCCCCCCCCCOc1c(-c2ccc(-c3cc(F)c(-c4ccc([Si](C)(C)C)s4)c4nsnc34)s2)sc(-c2ccc(-c3cc(F)c(-c4ccc([Si](C)(C)C)s4)c4nsnc34)s2)c1OCCCCCCCCCCCC. The summed E-state index contributed by atoms with van der Waals surface area (Å²) in [5.41, 5.74) is 5.20. The Balaban J connectivity index is 1.05. The highest BCUT2D eigenvalue weighted by atomic mass is 32.1. The zero-order valence-corrected chi connectivity index (χ0v) is 55.3. The Bertz CT molecular complexity index is 3170. The quantitative estimate of drug-likeness (QED) is 0.0309. The molecule has 0 saturated heterocycles. The van der Waals surface area contributed by atoms with E-state index in [1.165, 1.54) is 112 Å². The zero-order valence-electron chi connectivity index (χ0n) is 47.5. The maximum atomic E-state index is 16.6. The van der Waals surface area contributed by atoms with E-state index in [2.05, 4.69) is 102 Å². The normalized spacial score (nSPS) is 12.3. The summed E-state index contributed by atoms with van der Waals surface area (Å²) in [6.45, 7) is 19.6. The second-order valence-electron chi connectivity index (χ2n) is 23.1. The van der Waals surface area contributed by atoms with E-state index in [1.54, 1.807) is 68.8 Å². The first kappa shape index (κ1) is 60.1. The molecule has 17 heteroatoms. The van der Waals surface area contributed by atoms with Crippen LogP contribution in [0.4, 0.5) is 8.78 Å². The lowest BCUT2D eigenvalue weighted by molar-refractivity contribution is 0.262. The number of unbranched alkanes of at least 4 members (excludes halogenated alkanes) is 18. The van der Waals surface area contributed by atoms with Gasteiger partial charge in [0, 0.05) is 40.4 Å². The molecule has 7 heterocycles. The molecule has 2 aromatic carbocycles. The first-order valence-corrected chi connectivity index (χ1v) is 41.5. The topological polar surface area (TPSA) is 70.0 Å². The average Bonchev–Trinajstić information content (AvgIpc) is 4.46. The van der Waals surface area contributed by atoms with Crippen LogP contribution in [0.15, 0.2) is 60.7 Å². The maximum absolute atomic E-state index is 16.6. The molecule has 0 N–H and O–H groups in total. The lowest BCUT2D eigenvalue weighted by atomic mass is 10.1. The second-order valence-corrected chi connectivity index (χ2v) is 40.3. The molecule has 0 saturated carbocycles. The summed E-state index contributed by atoms with van der Waals surface area (Å²) in [6, 6.07) is 20.2. The highest BCUT2D eigenvalue weighted by molar-refractivity contribution is 7.30. The smallest absolute Gasteiger partial charge is 0.181 e. The summed E-state index contributed by atoms with van der Waals surface area (Å²) < 4.78 is 69.0. The molecular formula is C62H78F2N4O2S7Si2. The van der Waals surface area contributed by atoms with Crippen LogP contribution in [-0.2, 0) is 0 Å². The first-order valence-electron chi connectivity index (χ1n) is 29.0. The number of nitrogens with zero attached hydrogens (tertiary/aromatic N) is 4. The summed E-state index contributed by atoms with van der Waals surface area (Å²) >= 11 is 10.6. The molecule has 9 rings (SSSR count). The van der Waals surface area contributed by atoms with Gasteiger partial charge in [-0.2, -0.15) is 17.5 Å². The van der Waals surface area contributed by atoms with Crippen LogP contribution >= 0.6 is 80.1 Å². The van der Waals surface area contributed by atoms with Crippen molar-refractivity contribution in [3.63, 3.8) is 0 Å². The van der Waals surface area contributed by atoms with E-state index < -0.39 is 16.1 Å². The van der Waals surface area contributed by atoms with Gasteiger partial charge in [0.1, 0.15) is 33.7 Å². The van der Waals surface area contributed by atoms with Gasteiger partial charge in [0.25, 0.3) is 0 Å². The highest BCUT2D eigenvalue weighted by Crippen LogP contribution is 2.57. The van der Waals surface area contributed by atoms with Crippen LogP contribution in [0.2, 0.25) is 39.3 Å². The molecule has 9 aromatic rings. The third-order valence-corrected chi connectivity index (χ3v) is 28.9. The van der Waals surface area contributed by atoms with Crippen LogP contribution < -0.4 is 18.5 Å². The fourth-order valence-corrected chi connectivity index (χ4v) is 20.6. The lowest BCUT2D eigenvalue weighted by Crippen LogP contribution is -2.34. The van der Waals surface area contributed by atoms with E-state index in [4.69, 9.17) is 27.0 Å². The number of rotatable bonds is 32. The van der Waals surface area contributed by atoms with Crippen molar-refractivity contribution in [1.82, 2.24) is 17.5 Å². The lowest BCUT2D eigenvalue weighted by Gasteiger charge is -2.13. The predicted molar refractivity (Wildman–Crippen MR) is 351 cm³/mol. The second kappa shape index (κ2) is 28.2. The number of thiophene rings is 5. The largest absolute Gasteiger partial charge is 0.488 e. The van der Waals surface area contributed by atoms with Crippen LogP contribution in [0, 0.1) is 11.6 Å². The van der Waals surface area contributed by atoms with E-state index in [1.807, 2.05) is 0 Å². The number of hydrogen-bond donors (Lipinski definition) is 0. The summed E-state index contributed by atoms with van der Waals surface area (Å²) in [5, 5.41) is 0. The molecule has 0 bridgehead atoms. The molecule has 79 heavy (non-hydrogen) atoms. The molecule has 422 valence electrons. The Morgan fingerprint density at radius 3 is 1.06 bits per heavy atom. The molecule has 0 atom stereocenters. The maximum Gasteiger partial charge on any atom is 0.181 e. The molecule has 0 aliphatic carbocycles. The fourth-order valence-electron chi connectivity index (χ4n) is 10.1.